The molecular weight excluding hydrogens is 336 g/mol. The van der Waals surface area contributed by atoms with Crippen LogP contribution in [0.5, 0.6) is 0 Å². The maximum absolute atomic E-state index is 12.4. The smallest absolute Gasteiger partial charge is 0.307 e. The standard InChI is InChI=1S/C18H24N4O2S/c1-4-15-12(2)8-14-6-5-7-16(14)17(15)20-18(23)21-25(24)11-13-9-19-22(3)10-13/h8-10H,4-7,11H2,1-3H3,(H2,20,21,23). The van der Waals surface area contributed by atoms with E-state index in [-0.39, 0.29) is 5.75 Å². The molecule has 0 bridgehead atoms. The number of aryl methyl sites for hydroxylation is 3. The summed E-state index contributed by atoms with van der Waals surface area (Å²) in [7, 11) is 0.314. The molecule has 134 valence electrons. The molecule has 0 spiro atoms. The van der Waals surface area contributed by atoms with Gasteiger partial charge in [-0.05, 0) is 54.9 Å². The molecule has 0 radical (unpaired) electrons. The highest BCUT2D eigenvalue weighted by Crippen LogP contribution is 2.34. The van der Waals surface area contributed by atoms with Gasteiger partial charge in [0.15, 0.2) is 0 Å². The largest absolute Gasteiger partial charge is 0.331 e. The van der Waals surface area contributed by atoms with Crippen LogP contribution >= 0.6 is 0 Å². The number of aromatic nitrogens is 2. The molecule has 3 rings (SSSR count). The number of carbonyl (C=O) groups excluding carboxylic acids is 1. The average molecular weight is 360 g/mol. The number of hydrogen-bond acceptors (Lipinski definition) is 3. The summed E-state index contributed by atoms with van der Waals surface area (Å²) in [4.78, 5) is 12.4. The third-order valence-corrected chi connectivity index (χ3v) is 5.59. The first kappa shape index (κ1) is 17.7. The Morgan fingerprint density at radius 1 is 1.40 bits per heavy atom. The number of urea groups is 1. The van der Waals surface area contributed by atoms with Crippen molar-refractivity contribution in [1.29, 1.82) is 0 Å². The normalized spacial score (nSPS) is 14.2. The van der Waals surface area contributed by atoms with E-state index in [4.69, 9.17) is 0 Å². The van der Waals surface area contributed by atoms with Crippen molar-refractivity contribution in [3.63, 3.8) is 0 Å². The first-order valence-electron chi connectivity index (χ1n) is 8.55. The van der Waals surface area contributed by atoms with E-state index in [1.54, 1.807) is 24.1 Å². The molecule has 2 amide bonds. The van der Waals surface area contributed by atoms with E-state index >= 15 is 0 Å². The second-order valence-electron chi connectivity index (χ2n) is 6.46. The molecule has 0 saturated heterocycles. The molecule has 7 heteroatoms. The Labute approximate surface area is 150 Å². The second kappa shape index (κ2) is 7.39. The molecular formula is C18H24N4O2S. The van der Waals surface area contributed by atoms with E-state index in [1.807, 2.05) is 0 Å². The Bertz CT molecular complexity index is 825. The van der Waals surface area contributed by atoms with Gasteiger partial charge in [-0.1, -0.05) is 13.0 Å². The molecule has 1 unspecified atom stereocenters. The Hall–Kier alpha value is -2.15. The van der Waals surface area contributed by atoms with Crippen molar-refractivity contribution < 1.29 is 9.00 Å². The predicted octanol–water partition coefficient (Wildman–Crippen LogP) is 2.77. The lowest BCUT2D eigenvalue weighted by Gasteiger charge is -2.17. The topological polar surface area (TPSA) is 76.0 Å². The molecule has 1 aliphatic carbocycles. The first-order valence-corrected chi connectivity index (χ1v) is 9.87. The van der Waals surface area contributed by atoms with Crippen LogP contribution in [-0.4, -0.2) is 20.0 Å². The Balaban J connectivity index is 1.72. The summed E-state index contributed by atoms with van der Waals surface area (Å²) in [5.41, 5.74) is 6.65. The first-order chi connectivity index (χ1) is 12.0. The lowest BCUT2D eigenvalue weighted by molar-refractivity contribution is 0.257. The molecule has 2 N–H and O–H groups in total. The summed E-state index contributed by atoms with van der Waals surface area (Å²) in [6.45, 7) is 4.17. The Morgan fingerprint density at radius 3 is 2.88 bits per heavy atom. The van der Waals surface area contributed by atoms with Crippen molar-refractivity contribution in [3.8, 4) is 0 Å². The summed E-state index contributed by atoms with van der Waals surface area (Å²) in [5.74, 6) is 0.244. The third-order valence-electron chi connectivity index (χ3n) is 4.59. The van der Waals surface area contributed by atoms with Crippen LogP contribution in [0.1, 0.15) is 41.2 Å². The van der Waals surface area contributed by atoms with Crippen LogP contribution in [0.25, 0.3) is 0 Å². The van der Waals surface area contributed by atoms with Crippen LogP contribution < -0.4 is 10.0 Å². The van der Waals surface area contributed by atoms with Crippen LogP contribution in [0.15, 0.2) is 18.5 Å². The average Bonchev–Trinajstić information content (AvgIpc) is 3.16. The minimum absolute atomic E-state index is 0.244. The van der Waals surface area contributed by atoms with Crippen molar-refractivity contribution in [1.82, 2.24) is 14.5 Å². The molecule has 1 heterocycles. The van der Waals surface area contributed by atoms with Gasteiger partial charge in [-0.3, -0.25) is 9.40 Å². The number of carbonyl (C=O) groups is 1. The summed E-state index contributed by atoms with van der Waals surface area (Å²) >= 11 is 0. The number of fused-ring (bicyclic) bond motifs is 1. The van der Waals surface area contributed by atoms with Crippen LogP contribution in [0.3, 0.4) is 0 Å². The number of nitrogens with zero attached hydrogens (tertiary/aromatic N) is 2. The van der Waals surface area contributed by atoms with Gasteiger partial charge in [0.05, 0.1) is 11.9 Å². The van der Waals surface area contributed by atoms with Gasteiger partial charge in [0.25, 0.3) is 0 Å². The zero-order chi connectivity index (χ0) is 18.0. The van der Waals surface area contributed by atoms with Gasteiger partial charge < -0.3 is 5.32 Å². The SMILES string of the molecule is CCc1c(C)cc2c(c1NC(=O)NS(=O)Cc1cnn(C)c1)CCC2. The van der Waals surface area contributed by atoms with Crippen molar-refractivity contribution in [2.24, 2.45) is 7.05 Å². The molecule has 1 aromatic carbocycles. The van der Waals surface area contributed by atoms with E-state index in [2.05, 4.69) is 35.1 Å². The predicted molar refractivity (Wildman–Crippen MR) is 99.8 cm³/mol. The molecule has 0 aliphatic heterocycles. The summed E-state index contributed by atoms with van der Waals surface area (Å²) < 4.78 is 16.4. The minimum Gasteiger partial charge on any atom is -0.307 e. The van der Waals surface area contributed by atoms with Gasteiger partial charge in [0, 0.05) is 24.5 Å². The maximum atomic E-state index is 12.4. The summed E-state index contributed by atoms with van der Waals surface area (Å²) in [6.07, 6.45) is 7.46. The molecule has 0 fully saturated rings. The monoisotopic (exact) mass is 360 g/mol. The highest BCUT2D eigenvalue weighted by Gasteiger charge is 2.21. The van der Waals surface area contributed by atoms with Gasteiger partial charge in [0.1, 0.15) is 11.0 Å². The van der Waals surface area contributed by atoms with Crippen LogP contribution in [0.2, 0.25) is 0 Å². The lowest BCUT2D eigenvalue weighted by atomic mass is 9.96. The number of hydrogen-bond donors (Lipinski definition) is 2. The highest BCUT2D eigenvalue weighted by atomic mass is 32.2. The van der Waals surface area contributed by atoms with Crippen LogP contribution in [0.4, 0.5) is 10.5 Å². The van der Waals surface area contributed by atoms with Gasteiger partial charge in [-0.25, -0.2) is 9.00 Å². The molecule has 2 aromatic rings. The van der Waals surface area contributed by atoms with E-state index < -0.39 is 17.0 Å². The Kier molecular flexibility index (Phi) is 5.22. The second-order valence-corrected chi connectivity index (χ2v) is 7.64. The fourth-order valence-corrected chi connectivity index (χ4v) is 4.30. The van der Waals surface area contributed by atoms with Crippen LogP contribution in [0, 0.1) is 6.92 Å². The highest BCUT2D eigenvalue weighted by molar-refractivity contribution is 7.82. The zero-order valence-electron chi connectivity index (χ0n) is 14.9. The third kappa shape index (κ3) is 3.92. The number of anilines is 1. The van der Waals surface area contributed by atoms with Crippen molar-refractivity contribution in [2.45, 2.75) is 45.3 Å². The lowest BCUT2D eigenvalue weighted by Crippen LogP contribution is -2.32. The fraction of sp³-hybridized carbons (Fsp3) is 0.444. The van der Waals surface area contributed by atoms with Crippen molar-refractivity contribution >= 4 is 22.7 Å². The van der Waals surface area contributed by atoms with Gasteiger partial charge in [-0.2, -0.15) is 5.10 Å². The summed E-state index contributed by atoms with van der Waals surface area (Å²) in [6, 6.07) is 1.82. The van der Waals surface area contributed by atoms with E-state index in [0.29, 0.717) is 0 Å². The zero-order valence-corrected chi connectivity index (χ0v) is 15.7. The quantitative estimate of drug-likeness (QED) is 0.861. The summed E-state index contributed by atoms with van der Waals surface area (Å²) in [5, 5.41) is 7.00. The fourth-order valence-electron chi connectivity index (χ4n) is 3.52. The van der Waals surface area contributed by atoms with E-state index in [9.17, 15) is 9.00 Å². The molecule has 1 aliphatic rings. The van der Waals surface area contributed by atoms with Crippen LogP contribution in [-0.2, 0) is 43.0 Å². The van der Waals surface area contributed by atoms with Gasteiger partial charge >= 0.3 is 6.03 Å². The molecule has 0 saturated carbocycles. The molecule has 1 aromatic heterocycles. The van der Waals surface area contributed by atoms with Crippen molar-refractivity contribution in [2.75, 3.05) is 5.32 Å². The maximum Gasteiger partial charge on any atom is 0.331 e. The number of benzene rings is 1. The van der Waals surface area contributed by atoms with Gasteiger partial charge in [0.2, 0.25) is 0 Å². The number of rotatable bonds is 5. The van der Waals surface area contributed by atoms with E-state index in [0.717, 1.165) is 42.5 Å². The van der Waals surface area contributed by atoms with Crippen molar-refractivity contribution in [3.05, 3.63) is 46.3 Å². The molecule has 6 nitrogen and oxygen atoms in total. The Morgan fingerprint density at radius 2 is 2.20 bits per heavy atom. The number of amides is 2. The van der Waals surface area contributed by atoms with Gasteiger partial charge in [-0.15, -0.1) is 0 Å². The molecule has 25 heavy (non-hydrogen) atoms. The molecule has 1 atom stereocenters. The number of nitrogens with one attached hydrogen (secondary N) is 2. The van der Waals surface area contributed by atoms with E-state index in [1.165, 1.54) is 16.7 Å². The minimum atomic E-state index is -1.49.